The number of halogens is 3. The molecule has 0 saturated carbocycles. The molecule has 3 nitrogen and oxygen atoms in total. The van der Waals surface area contributed by atoms with Gasteiger partial charge in [-0.25, -0.2) is 4.79 Å². The Kier molecular flexibility index (Phi) is 5.13. The van der Waals surface area contributed by atoms with Crippen LogP contribution in [0, 0.1) is 0 Å². The van der Waals surface area contributed by atoms with Crippen molar-refractivity contribution < 1.29 is 27.4 Å². The zero-order valence-corrected chi connectivity index (χ0v) is 6.93. The van der Waals surface area contributed by atoms with E-state index in [1.54, 1.807) is 6.92 Å². The van der Waals surface area contributed by atoms with Gasteiger partial charge in [-0.3, -0.25) is 4.74 Å². The van der Waals surface area contributed by atoms with Crippen LogP contribution in [-0.2, 0) is 14.3 Å². The summed E-state index contributed by atoms with van der Waals surface area (Å²) < 4.78 is 41.8. The molecule has 0 aliphatic rings. The second-order valence-corrected chi connectivity index (χ2v) is 1.91. The first-order chi connectivity index (χ1) is 5.95. The highest BCUT2D eigenvalue weighted by Gasteiger charge is 2.28. The Hall–Kier alpha value is -1.04. The van der Waals surface area contributed by atoms with Crippen molar-refractivity contribution in [3.8, 4) is 0 Å². The van der Waals surface area contributed by atoms with Crippen molar-refractivity contribution in [3.05, 3.63) is 12.2 Å². The number of carbonyl (C=O) groups is 1. The van der Waals surface area contributed by atoms with Crippen LogP contribution in [0.2, 0.25) is 0 Å². The van der Waals surface area contributed by atoms with Crippen molar-refractivity contribution in [1.29, 1.82) is 0 Å². The third-order valence-electron chi connectivity index (χ3n) is 0.884. The molecule has 0 unspecified atom stereocenters. The number of hydrogen-bond donors (Lipinski definition) is 0. The number of rotatable bonds is 4. The predicted octanol–water partition coefficient (Wildman–Crippen LogP) is 1.64. The van der Waals surface area contributed by atoms with Gasteiger partial charge in [0.15, 0.2) is 0 Å². The van der Waals surface area contributed by atoms with E-state index in [0.717, 1.165) is 12.2 Å². The maximum Gasteiger partial charge on any atom is 0.522 e. The van der Waals surface area contributed by atoms with Gasteiger partial charge in [0.25, 0.3) is 0 Å². The van der Waals surface area contributed by atoms with Crippen LogP contribution < -0.4 is 0 Å². The second-order valence-electron chi connectivity index (χ2n) is 1.91. The highest BCUT2D eigenvalue weighted by molar-refractivity contribution is 5.81. The predicted molar refractivity (Wildman–Crippen MR) is 37.8 cm³/mol. The van der Waals surface area contributed by atoms with Gasteiger partial charge in [0.2, 0.25) is 0 Å². The molecule has 0 heterocycles. The maximum atomic E-state index is 11.4. The fourth-order valence-corrected chi connectivity index (χ4v) is 0.477. The highest BCUT2D eigenvalue weighted by atomic mass is 19.4. The van der Waals surface area contributed by atoms with Crippen LogP contribution >= 0.6 is 0 Å². The normalized spacial score (nSPS) is 12.0. The Balaban J connectivity index is 3.58. The molecule has 0 bridgehead atoms. The largest absolute Gasteiger partial charge is 0.522 e. The Labute approximate surface area is 73.1 Å². The van der Waals surface area contributed by atoms with E-state index in [4.69, 9.17) is 0 Å². The van der Waals surface area contributed by atoms with Gasteiger partial charge in [-0.1, -0.05) is 6.08 Å². The Morgan fingerprint density at radius 2 is 2.08 bits per heavy atom. The molecule has 0 aromatic rings. The van der Waals surface area contributed by atoms with Crippen LogP contribution in [0.15, 0.2) is 12.2 Å². The third-order valence-corrected chi connectivity index (χ3v) is 0.884. The van der Waals surface area contributed by atoms with E-state index >= 15 is 0 Å². The van der Waals surface area contributed by atoms with Crippen LogP contribution in [0.1, 0.15) is 6.92 Å². The molecule has 0 aromatic heterocycles. The van der Waals surface area contributed by atoms with Gasteiger partial charge in [0.05, 0.1) is 13.2 Å². The molecule has 0 spiro atoms. The fourth-order valence-electron chi connectivity index (χ4n) is 0.477. The van der Waals surface area contributed by atoms with E-state index < -0.39 is 18.9 Å². The summed E-state index contributed by atoms with van der Waals surface area (Å²) in [5, 5.41) is 0. The first kappa shape index (κ1) is 12.0. The topological polar surface area (TPSA) is 35.5 Å². The van der Waals surface area contributed by atoms with Crippen molar-refractivity contribution in [2.24, 2.45) is 0 Å². The van der Waals surface area contributed by atoms with E-state index in [2.05, 4.69) is 9.47 Å². The molecule has 6 heteroatoms. The number of esters is 1. The molecule has 76 valence electrons. The molecule has 13 heavy (non-hydrogen) atoms. The lowest BCUT2D eigenvalue weighted by molar-refractivity contribution is -0.319. The van der Waals surface area contributed by atoms with Crippen LogP contribution in [0.3, 0.4) is 0 Å². The van der Waals surface area contributed by atoms with E-state index in [-0.39, 0.29) is 6.61 Å². The molecule has 0 aromatic carbocycles. The summed E-state index contributed by atoms with van der Waals surface area (Å²) in [6.45, 7) is 1.09. The molecule has 0 fully saturated rings. The molecule has 0 aliphatic carbocycles. The summed E-state index contributed by atoms with van der Waals surface area (Å²) in [5.74, 6) is -0.687. The van der Waals surface area contributed by atoms with Gasteiger partial charge < -0.3 is 4.74 Å². The van der Waals surface area contributed by atoms with E-state index in [1.807, 2.05) is 0 Å². The zero-order chi connectivity index (χ0) is 10.3. The number of ether oxygens (including phenoxy) is 2. The van der Waals surface area contributed by atoms with Crippen LogP contribution in [0.5, 0.6) is 0 Å². The molecule has 0 atom stereocenters. The van der Waals surface area contributed by atoms with Gasteiger partial charge in [-0.2, -0.15) is 0 Å². The average Bonchev–Trinajstić information content (AvgIpc) is 1.97. The number of alkyl halides is 3. The van der Waals surface area contributed by atoms with Crippen molar-refractivity contribution >= 4 is 5.97 Å². The van der Waals surface area contributed by atoms with Gasteiger partial charge in [0, 0.05) is 6.08 Å². The average molecular weight is 198 g/mol. The SMILES string of the molecule is CCOC(=O)/C=C/COC(F)(F)F. The van der Waals surface area contributed by atoms with Crippen LogP contribution in [-0.4, -0.2) is 25.5 Å². The highest BCUT2D eigenvalue weighted by Crippen LogP contribution is 2.15. The van der Waals surface area contributed by atoms with E-state index in [1.165, 1.54) is 0 Å². The van der Waals surface area contributed by atoms with Gasteiger partial charge in [0.1, 0.15) is 0 Å². The number of hydrogen-bond acceptors (Lipinski definition) is 3. The van der Waals surface area contributed by atoms with Crippen molar-refractivity contribution in [2.75, 3.05) is 13.2 Å². The zero-order valence-electron chi connectivity index (χ0n) is 6.93. The minimum absolute atomic E-state index is 0.184. The van der Waals surface area contributed by atoms with Crippen molar-refractivity contribution in [1.82, 2.24) is 0 Å². The summed E-state index contributed by atoms with van der Waals surface area (Å²) in [6.07, 6.45) is -2.85. The van der Waals surface area contributed by atoms with Gasteiger partial charge in [-0.05, 0) is 6.92 Å². The standard InChI is InChI=1S/C7H9F3O3/c1-2-12-6(11)4-3-5-13-7(8,9)10/h3-4H,2,5H2,1H3/b4-3+. The van der Waals surface area contributed by atoms with Gasteiger partial charge in [-0.15, -0.1) is 13.2 Å². The lowest BCUT2D eigenvalue weighted by Gasteiger charge is -2.03. The monoisotopic (exact) mass is 198 g/mol. The Morgan fingerprint density at radius 1 is 1.46 bits per heavy atom. The lowest BCUT2D eigenvalue weighted by Crippen LogP contribution is -2.13. The first-order valence-electron chi connectivity index (χ1n) is 3.49. The summed E-state index contributed by atoms with van der Waals surface area (Å²) in [7, 11) is 0. The lowest BCUT2D eigenvalue weighted by atomic mass is 10.5. The van der Waals surface area contributed by atoms with Gasteiger partial charge >= 0.3 is 12.3 Å². The Morgan fingerprint density at radius 3 is 2.54 bits per heavy atom. The molecule has 0 saturated heterocycles. The third kappa shape index (κ3) is 8.87. The molecule has 0 rings (SSSR count). The molecular weight excluding hydrogens is 189 g/mol. The number of carbonyl (C=O) groups excluding carboxylic acids is 1. The molecule has 0 radical (unpaired) electrons. The smallest absolute Gasteiger partial charge is 0.463 e. The van der Waals surface area contributed by atoms with Crippen molar-refractivity contribution in [3.63, 3.8) is 0 Å². The first-order valence-corrected chi connectivity index (χ1v) is 3.49. The van der Waals surface area contributed by atoms with Crippen LogP contribution in [0.25, 0.3) is 0 Å². The maximum absolute atomic E-state index is 11.4. The van der Waals surface area contributed by atoms with E-state index in [0.29, 0.717) is 0 Å². The summed E-state index contributed by atoms with van der Waals surface area (Å²) >= 11 is 0. The van der Waals surface area contributed by atoms with Crippen LogP contribution in [0.4, 0.5) is 13.2 Å². The van der Waals surface area contributed by atoms with E-state index in [9.17, 15) is 18.0 Å². The Bertz CT molecular complexity index is 186. The summed E-state index contributed by atoms with van der Waals surface area (Å²) in [5.41, 5.74) is 0. The minimum atomic E-state index is -4.67. The summed E-state index contributed by atoms with van der Waals surface area (Å²) in [4.78, 5) is 10.5. The minimum Gasteiger partial charge on any atom is -0.463 e. The molecule has 0 N–H and O–H groups in total. The molecule has 0 amide bonds. The summed E-state index contributed by atoms with van der Waals surface area (Å²) in [6, 6.07) is 0. The second kappa shape index (κ2) is 5.58. The molecular formula is C7H9F3O3. The van der Waals surface area contributed by atoms with Crippen molar-refractivity contribution in [2.45, 2.75) is 13.3 Å². The fraction of sp³-hybridized carbons (Fsp3) is 0.571. The quantitative estimate of drug-likeness (QED) is 0.508. The molecule has 0 aliphatic heterocycles.